The summed E-state index contributed by atoms with van der Waals surface area (Å²) in [6.45, 7) is 9.88. The summed E-state index contributed by atoms with van der Waals surface area (Å²) in [7, 11) is 0. The van der Waals surface area contributed by atoms with Crippen LogP contribution in [0.3, 0.4) is 0 Å². The standard InChI is InChI=1S/C25H31NO3/c1-17(2)10-8-11-18(3)12-9-15-25(5,27)23-16-21-19(4)26(28)22-14-7-6-13-20(22)24(21)29-23/h6-7,9-10,12-15,23,27H,8,11,16H2,1-5H3. The predicted molar refractivity (Wildman–Crippen MR) is 118 cm³/mol. The number of hydrogen-bond acceptors (Lipinski definition) is 3. The third-order valence-corrected chi connectivity index (χ3v) is 5.59. The molecule has 2 atom stereocenters. The molecule has 4 nitrogen and oxygen atoms in total. The second-order valence-electron chi connectivity index (χ2n) is 8.43. The van der Waals surface area contributed by atoms with E-state index in [2.05, 4.69) is 26.8 Å². The normalized spacial score (nSPS) is 18.6. The summed E-state index contributed by atoms with van der Waals surface area (Å²) in [5.41, 5.74) is 3.56. The van der Waals surface area contributed by atoms with E-state index in [1.807, 2.05) is 37.3 Å². The van der Waals surface area contributed by atoms with Gasteiger partial charge < -0.3 is 15.1 Å². The van der Waals surface area contributed by atoms with Gasteiger partial charge in [-0.1, -0.05) is 41.5 Å². The first-order valence-corrected chi connectivity index (χ1v) is 10.2. The number of ether oxygens (including phenoxy) is 1. The summed E-state index contributed by atoms with van der Waals surface area (Å²) >= 11 is 0. The minimum absolute atomic E-state index is 0.433. The molecule has 0 amide bonds. The van der Waals surface area contributed by atoms with Crippen LogP contribution in [0.2, 0.25) is 0 Å². The number of hydrogen-bond donors (Lipinski definition) is 1. The van der Waals surface area contributed by atoms with Crippen molar-refractivity contribution in [2.24, 2.45) is 0 Å². The number of fused-ring (bicyclic) bond motifs is 3. The molecule has 1 aliphatic rings. The van der Waals surface area contributed by atoms with Crippen LogP contribution in [0.15, 0.2) is 59.7 Å². The van der Waals surface area contributed by atoms with Gasteiger partial charge in [0.05, 0.1) is 10.9 Å². The molecule has 2 unspecified atom stereocenters. The first kappa shape index (κ1) is 21.1. The summed E-state index contributed by atoms with van der Waals surface area (Å²) in [5, 5.41) is 24.4. The first-order chi connectivity index (χ1) is 13.7. The molecule has 0 radical (unpaired) electrons. The van der Waals surface area contributed by atoms with Crippen molar-refractivity contribution in [3.63, 3.8) is 0 Å². The number of pyridine rings is 1. The van der Waals surface area contributed by atoms with Crippen molar-refractivity contribution < 1.29 is 14.6 Å². The molecule has 4 heteroatoms. The number of benzene rings is 1. The van der Waals surface area contributed by atoms with Crippen molar-refractivity contribution in [2.45, 2.75) is 65.6 Å². The molecular weight excluding hydrogens is 362 g/mol. The molecule has 0 fully saturated rings. The van der Waals surface area contributed by atoms with Gasteiger partial charge in [0.1, 0.15) is 17.5 Å². The van der Waals surface area contributed by atoms with Gasteiger partial charge >= 0.3 is 0 Å². The zero-order chi connectivity index (χ0) is 21.2. The molecule has 0 aliphatic carbocycles. The lowest BCUT2D eigenvalue weighted by Gasteiger charge is -2.26. The van der Waals surface area contributed by atoms with E-state index in [0.717, 1.165) is 34.3 Å². The van der Waals surface area contributed by atoms with Crippen LogP contribution in [0.4, 0.5) is 0 Å². The lowest BCUT2D eigenvalue weighted by Crippen LogP contribution is -2.40. The maximum absolute atomic E-state index is 12.6. The summed E-state index contributed by atoms with van der Waals surface area (Å²) in [6, 6.07) is 7.44. The fourth-order valence-electron chi connectivity index (χ4n) is 3.73. The number of allylic oxidation sites excluding steroid dienone is 5. The van der Waals surface area contributed by atoms with Crippen LogP contribution in [0.25, 0.3) is 10.9 Å². The summed E-state index contributed by atoms with van der Waals surface area (Å²) in [4.78, 5) is 0. The van der Waals surface area contributed by atoms with Gasteiger partial charge in [0, 0.05) is 19.4 Å². The first-order valence-electron chi connectivity index (χ1n) is 10.2. The van der Waals surface area contributed by atoms with Gasteiger partial charge in [0.2, 0.25) is 5.52 Å². The van der Waals surface area contributed by atoms with Gasteiger partial charge in [-0.05, 0) is 52.7 Å². The quantitative estimate of drug-likeness (QED) is 0.322. The number of aliphatic hydroxyl groups is 1. The van der Waals surface area contributed by atoms with Gasteiger partial charge in [0.15, 0.2) is 5.69 Å². The summed E-state index contributed by atoms with van der Waals surface area (Å²) in [5.74, 6) is 0.720. The van der Waals surface area contributed by atoms with Crippen LogP contribution >= 0.6 is 0 Å². The van der Waals surface area contributed by atoms with Gasteiger partial charge in [-0.3, -0.25) is 0 Å². The monoisotopic (exact) mass is 393 g/mol. The average molecular weight is 394 g/mol. The topological polar surface area (TPSA) is 56.4 Å². The second-order valence-corrected chi connectivity index (χ2v) is 8.43. The Labute approximate surface area is 173 Å². The Morgan fingerprint density at radius 2 is 2.03 bits per heavy atom. The highest BCUT2D eigenvalue weighted by atomic mass is 16.5. The Hall–Kier alpha value is -2.59. The molecule has 0 saturated carbocycles. The Morgan fingerprint density at radius 1 is 1.31 bits per heavy atom. The maximum atomic E-state index is 12.6. The van der Waals surface area contributed by atoms with E-state index in [-0.39, 0.29) is 0 Å². The predicted octanol–water partition coefficient (Wildman–Crippen LogP) is 5.09. The fourth-order valence-corrected chi connectivity index (χ4v) is 3.73. The Kier molecular flexibility index (Phi) is 6.13. The van der Waals surface area contributed by atoms with Gasteiger partial charge in [-0.2, -0.15) is 4.73 Å². The smallest absolute Gasteiger partial charge is 0.227 e. The van der Waals surface area contributed by atoms with E-state index in [4.69, 9.17) is 4.74 Å². The van der Waals surface area contributed by atoms with Gasteiger partial charge in [-0.25, -0.2) is 0 Å². The average Bonchev–Trinajstić information content (AvgIpc) is 3.12. The van der Waals surface area contributed by atoms with E-state index in [1.165, 1.54) is 11.1 Å². The molecule has 0 spiro atoms. The molecule has 29 heavy (non-hydrogen) atoms. The zero-order valence-corrected chi connectivity index (χ0v) is 18.0. The molecule has 154 valence electrons. The van der Waals surface area contributed by atoms with Crippen molar-refractivity contribution >= 4 is 10.9 Å². The van der Waals surface area contributed by atoms with Crippen LogP contribution in [-0.2, 0) is 6.42 Å². The van der Waals surface area contributed by atoms with Crippen LogP contribution in [0.5, 0.6) is 5.75 Å². The SMILES string of the molecule is CC(C)=CCCC(C)=CC=CC(C)(O)C1Cc2c(c3ccccc3[n+]([O-])c2C)O1. The highest BCUT2D eigenvalue weighted by molar-refractivity contribution is 5.85. The van der Waals surface area contributed by atoms with E-state index in [0.29, 0.717) is 17.6 Å². The van der Waals surface area contributed by atoms with Crippen molar-refractivity contribution in [3.05, 3.63) is 76.2 Å². The highest BCUT2D eigenvalue weighted by Gasteiger charge is 2.40. The lowest BCUT2D eigenvalue weighted by molar-refractivity contribution is -0.584. The number of para-hydroxylation sites is 1. The van der Waals surface area contributed by atoms with E-state index < -0.39 is 11.7 Å². The number of rotatable bonds is 6. The van der Waals surface area contributed by atoms with E-state index in [1.54, 1.807) is 19.1 Å². The molecule has 1 aromatic heterocycles. The minimum atomic E-state index is -1.14. The molecular formula is C25H31NO3. The molecule has 1 aromatic carbocycles. The summed E-state index contributed by atoms with van der Waals surface area (Å²) in [6.07, 6.45) is 10.1. The van der Waals surface area contributed by atoms with Crippen molar-refractivity contribution in [1.29, 1.82) is 0 Å². The van der Waals surface area contributed by atoms with Crippen LogP contribution in [0, 0.1) is 12.1 Å². The molecule has 1 aliphatic heterocycles. The third-order valence-electron chi connectivity index (χ3n) is 5.59. The van der Waals surface area contributed by atoms with E-state index >= 15 is 0 Å². The molecule has 2 aromatic rings. The van der Waals surface area contributed by atoms with Crippen molar-refractivity contribution in [2.75, 3.05) is 0 Å². The van der Waals surface area contributed by atoms with Gasteiger partial charge in [0.25, 0.3) is 0 Å². The molecule has 1 N–H and O–H groups in total. The van der Waals surface area contributed by atoms with Gasteiger partial charge in [-0.15, -0.1) is 0 Å². The second kappa shape index (κ2) is 8.42. The Bertz CT molecular complexity index is 995. The molecule has 0 saturated heterocycles. The largest absolute Gasteiger partial charge is 0.618 e. The maximum Gasteiger partial charge on any atom is 0.227 e. The minimum Gasteiger partial charge on any atom is -0.618 e. The molecule has 0 bridgehead atoms. The van der Waals surface area contributed by atoms with Crippen LogP contribution in [-0.4, -0.2) is 16.8 Å². The Morgan fingerprint density at radius 3 is 2.76 bits per heavy atom. The molecule has 3 rings (SSSR count). The van der Waals surface area contributed by atoms with Crippen molar-refractivity contribution in [1.82, 2.24) is 0 Å². The van der Waals surface area contributed by atoms with Crippen molar-refractivity contribution in [3.8, 4) is 5.75 Å². The van der Waals surface area contributed by atoms with Crippen LogP contribution < -0.4 is 9.47 Å². The summed E-state index contributed by atoms with van der Waals surface area (Å²) < 4.78 is 7.15. The van der Waals surface area contributed by atoms with E-state index in [9.17, 15) is 10.3 Å². The Balaban J connectivity index is 1.78. The highest BCUT2D eigenvalue weighted by Crippen LogP contribution is 2.39. The fraction of sp³-hybridized carbons (Fsp3) is 0.400. The number of aromatic nitrogens is 1. The molecule has 2 heterocycles. The number of nitrogens with zero attached hydrogens (tertiary/aromatic N) is 1. The third kappa shape index (κ3) is 4.54. The lowest BCUT2D eigenvalue weighted by atomic mass is 9.93. The van der Waals surface area contributed by atoms with Crippen LogP contribution in [0.1, 0.15) is 51.8 Å². The zero-order valence-electron chi connectivity index (χ0n) is 18.0.